The highest BCUT2D eigenvalue weighted by molar-refractivity contribution is 6.31. The summed E-state index contributed by atoms with van der Waals surface area (Å²) in [7, 11) is 2.98. The number of alkyl halides is 3. The number of ether oxygens (including phenoxy) is 1. The van der Waals surface area contributed by atoms with Crippen molar-refractivity contribution in [2.45, 2.75) is 31.0 Å². The number of aliphatic hydroxyl groups is 1. The second kappa shape index (κ2) is 9.61. The number of fused-ring (bicyclic) bond motifs is 1. The van der Waals surface area contributed by atoms with Crippen LogP contribution in [0.4, 0.5) is 13.2 Å². The lowest BCUT2D eigenvalue weighted by atomic mass is 9.77. The molecule has 4 aromatic rings. The molecule has 0 saturated carbocycles. The largest absolute Gasteiger partial charge is 0.457 e. The van der Waals surface area contributed by atoms with Crippen LogP contribution in [0.2, 0.25) is 5.02 Å². The van der Waals surface area contributed by atoms with Crippen LogP contribution in [-0.4, -0.2) is 20.4 Å². The third kappa shape index (κ3) is 4.59. The summed E-state index contributed by atoms with van der Waals surface area (Å²) in [5.74, 6) is -0.741. The first-order valence-corrected chi connectivity index (χ1v) is 11.6. The summed E-state index contributed by atoms with van der Waals surface area (Å²) < 4.78 is 51.8. The van der Waals surface area contributed by atoms with Crippen LogP contribution in [0.5, 0.6) is 11.5 Å². The lowest BCUT2D eigenvalue weighted by Gasteiger charge is -2.37. The fourth-order valence-corrected chi connectivity index (χ4v) is 4.79. The molecule has 3 aromatic carbocycles. The Kier molecular flexibility index (Phi) is 6.84. The number of hydrogen-bond acceptors (Lipinski definition) is 4. The Morgan fingerprint density at radius 1 is 1.00 bits per heavy atom. The minimum absolute atomic E-state index is 0.0121. The first-order valence-electron chi connectivity index (χ1n) is 11.3. The summed E-state index contributed by atoms with van der Waals surface area (Å²) in [5.41, 5.74) is -2.51. The summed E-state index contributed by atoms with van der Waals surface area (Å²) >= 11 is 6.40. The number of hydrogen-bond donors (Lipinski definition) is 1. The molecule has 0 fully saturated rings. The molecule has 2 atom stereocenters. The van der Waals surface area contributed by atoms with Crippen molar-refractivity contribution in [3.8, 4) is 17.6 Å². The lowest BCUT2D eigenvalue weighted by Crippen LogP contribution is -2.46. The molecular weight excluding hydrogens is 507 g/mol. The lowest BCUT2D eigenvalue weighted by molar-refractivity contribution is -0.274. The number of halogens is 4. The molecule has 192 valence electrons. The number of aryl methyl sites for hydroxylation is 2. The van der Waals surface area contributed by atoms with E-state index < -0.39 is 28.9 Å². The Labute approximate surface area is 215 Å². The summed E-state index contributed by atoms with van der Waals surface area (Å²) in [6, 6.07) is 16.9. The van der Waals surface area contributed by atoms with Gasteiger partial charge in [0.05, 0.1) is 23.5 Å². The number of nitrogens with zero attached hydrogens (tertiary/aromatic N) is 3. The topological polar surface area (TPSA) is 80.2 Å². The van der Waals surface area contributed by atoms with Crippen molar-refractivity contribution in [1.82, 2.24) is 9.13 Å². The zero-order chi connectivity index (χ0) is 27.1. The molecule has 1 aromatic heterocycles. The Morgan fingerprint density at radius 3 is 2.22 bits per heavy atom. The van der Waals surface area contributed by atoms with E-state index in [0.29, 0.717) is 17.0 Å². The summed E-state index contributed by atoms with van der Waals surface area (Å²) in [6.45, 7) is 1.25. The minimum atomic E-state index is -5.06. The van der Waals surface area contributed by atoms with Crippen LogP contribution in [0.25, 0.3) is 11.0 Å². The van der Waals surface area contributed by atoms with Gasteiger partial charge < -0.3 is 9.84 Å². The van der Waals surface area contributed by atoms with Gasteiger partial charge in [-0.15, -0.1) is 0 Å². The maximum Gasteiger partial charge on any atom is 0.422 e. The van der Waals surface area contributed by atoms with Crippen molar-refractivity contribution in [3.05, 3.63) is 92.9 Å². The SMILES string of the molecule is CC(c1ccc(Oc2ccc(CC#N)cc2)cc1Cl)C(O)(c1ccc2c(c1)n(C)c(=O)n2C)C(F)(F)F. The number of rotatable bonds is 6. The van der Waals surface area contributed by atoms with Crippen LogP contribution in [0, 0.1) is 11.3 Å². The molecular formula is C27H23ClF3N3O3. The number of benzene rings is 3. The summed E-state index contributed by atoms with van der Waals surface area (Å²) in [5, 5.41) is 20.0. The molecule has 2 unspecified atom stereocenters. The van der Waals surface area contributed by atoms with Gasteiger partial charge in [-0.05, 0) is 53.1 Å². The van der Waals surface area contributed by atoms with E-state index in [2.05, 4.69) is 6.07 Å². The highest BCUT2D eigenvalue weighted by Crippen LogP contribution is 2.50. The van der Waals surface area contributed by atoms with Gasteiger partial charge in [-0.1, -0.05) is 42.8 Å². The quantitative estimate of drug-likeness (QED) is 0.335. The number of imidazole rings is 1. The predicted molar refractivity (Wildman–Crippen MR) is 134 cm³/mol. The van der Waals surface area contributed by atoms with Gasteiger partial charge in [0.2, 0.25) is 0 Å². The number of nitriles is 1. The van der Waals surface area contributed by atoms with Gasteiger partial charge in [0, 0.05) is 25.0 Å². The van der Waals surface area contributed by atoms with E-state index in [-0.39, 0.29) is 22.5 Å². The number of aromatic nitrogens is 2. The van der Waals surface area contributed by atoms with E-state index in [0.717, 1.165) is 5.56 Å². The van der Waals surface area contributed by atoms with Gasteiger partial charge in [0.25, 0.3) is 0 Å². The summed E-state index contributed by atoms with van der Waals surface area (Å²) in [6.07, 6.45) is -4.80. The molecule has 0 radical (unpaired) electrons. The van der Waals surface area contributed by atoms with Crippen LogP contribution in [-0.2, 0) is 26.1 Å². The van der Waals surface area contributed by atoms with Crippen LogP contribution >= 0.6 is 11.6 Å². The average Bonchev–Trinajstić information content (AvgIpc) is 3.07. The van der Waals surface area contributed by atoms with Crippen molar-refractivity contribution < 1.29 is 23.0 Å². The molecule has 4 rings (SSSR count). The molecule has 0 spiro atoms. The normalized spacial score (nSPS) is 14.2. The highest BCUT2D eigenvalue weighted by atomic mass is 35.5. The van der Waals surface area contributed by atoms with Crippen molar-refractivity contribution in [2.24, 2.45) is 14.1 Å². The first-order chi connectivity index (χ1) is 17.4. The van der Waals surface area contributed by atoms with E-state index in [1.165, 1.54) is 66.6 Å². The fourth-order valence-electron chi connectivity index (χ4n) is 4.45. The molecule has 0 aliphatic carbocycles. The van der Waals surface area contributed by atoms with E-state index in [4.69, 9.17) is 21.6 Å². The third-order valence-corrected chi connectivity index (χ3v) is 6.98. The first kappa shape index (κ1) is 26.3. The van der Waals surface area contributed by atoms with Crippen molar-refractivity contribution >= 4 is 22.6 Å². The molecule has 37 heavy (non-hydrogen) atoms. The van der Waals surface area contributed by atoms with Gasteiger partial charge in [-0.25, -0.2) is 4.79 Å². The van der Waals surface area contributed by atoms with Crippen molar-refractivity contribution in [3.63, 3.8) is 0 Å². The molecule has 0 bridgehead atoms. The third-order valence-electron chi connectivity index (χ3n) is 6.65. The minimum Gasteiger partial charge on any atom is -0.457 e. The van der Waals surface area contributed by atoms with Gasteiger partial charge in [-0.3, -0.25) is 9.13 Å². The van der Waals surface area contributed by atoms with Crippen molar-refractivity contribution in [1.29, 1.82) is 5.26 Å². The summed E-state index contributed by atoms with van der Waals surface area (Å²) in [4.78, 5) is 12.3. The molecule has 0 aliphatic heterocycles. The predicted octanol–water partition coefficient (Wildman–Crippen LogP) is 5.94. The smallest absolute Gasteiger partial charge is 0.422 e. The van der Waals surface area contributed by atoms with Gasteiger partial charge >= 0.3 is 11.9 Å². The Morgan fingerprint density at radius 2 is 1.62 bits per heavy atom. The Bertz CT molecular complexity index is 1570. The standard InChI is InChI=1S/C27H23ClF3N3O3/c1-16(21-10-9-20(15-22(21)28)37-19-7-4-17(5-8-19)12-13-32)26(36,27(29,30)31)18-6-11-23-24(14-18)34(3)25(35)33(23)2/h4-11,14-16,36H,12H2,1-3H3. The van der Waals surface area contributed by atoms with E-state index in [9.17, 15) is 23.1 Å². The molecule has 10 heteroatoms. The zero-order valence-electron chi connectivity index (χ0n) is 20.2. The molecule has 0 amide bonds. The zero-order valence-corrected chi connectivity index (χ0v) is 20.9. The fraction of sp³-hybridized carbons (Fsp3) is 0.259. The average molecular weight is 530 g/mol. The van der Waals surface area contributed by atoms with E-state index in [1.807, 2.05) is 0 Å². The molecule has 1 N–H and O–H groups in total. The molecule has 1 heterocycles. The second-order valence-electron chi connectivity index (χ2n) is 8.85. The van der Waals surface area contributed by atoms with Gasteiger partial charge in [0.15, 0.2) is 5.60 Å². The van der Waals surface area contributed by atoms with E-state index in [1.54, 1.807) is 24.3 Å². The Balaban J connectivity index is 1.71. The second-order valence-corrected chi connectivity index (χ2v) is 9.26. The van der Waals surface area contributed by atoms with Gasteiger partial charge in [-0.2, -0.15) is 18.4 Å². The van der Waals surface area contributed by atoms with Crippen molar-refractivity contribution in [2.75, 3.05) is 0 Å². The maximum atomic E-state index is 14.5. The Hall–Kier alpha value is -3.74. The molecule has 6 nitrogen and oxygen atoms in total. The monoisotopic (exact) mass is 529 g/mol. The highest BCUT2D eigenvalue weighted by Gasteiger charge is 2.59. The van der Waals surface area contributed by atoms with Gasteiger partial charge in [0.1, 0.15) is 11.5 Å². The molecule has 0 saturated heterocycles. The maximum absolute atomic E-state index is 14.5. The van der Waals surface area contributed by atoms with Crippen LogP contribution < -0.4 is 10.4 Å². The molecule has 0 aliphatic rings. The van der Waals surface area contributed by atoms with E-state index >= 15 is 0 Å². The van der Waals surface area contributed by atoms with Crippen LogP contribution in [0.1, 0.15) is 29.5 Å². The van der Waals surface area contributed by atoms with Crippen LogP contribution in [0.15, 0.2) is 65.5 Å². The van der Waals surface area contributed by atoms with Crippen LogP contribution in [0.3, 0.4) is 0 Å².